The van der Waals surface area contributed by atoms with Gasteiger partial charge in [-0.2, -0.15) is 13.2 Å². The molecule has 2 amide bonds. The molecule has 1 rings (SSSR count). The lowest BCUT2D eigenvalue weighted by molar-refractivity contribution is -0.114. The Morgan fingerprint density at radius 1 is 1.32 bits per heavy atom. The van der Waals surface area contributed by atoms with Gasteiger partial charge < -0.3 is 11.1 Å². The van der Waals surface area contributed by atoms with Crippen molar-refractivity contribution >= 4 is 29.3 Å². The number of nitrogens with two attached hydrogens (primary N) is 1. The van der Waals surface area contributed by atoms with Crippen LogP contribution in [0.1, 0.15) is 10.4 Å². The van der Waals surface area contributed by atoms with Crippen LogP contribution in [0.2, 0.25) is 0 Å². The maximum absolute atomic E-state index is 13.3. The van der Waals surface area contributed by atoms with Crippen LogP contribution >= 0.6 is 11.8 Å². The summed E-state index contributed by atoms with van der Waals surface area (Å²) < 4.78 is 48.8. The molecule has 0 aromatic heterocycles. The maximum Gasteiger partial charge on any atom is 0.442 e. The first-order chi connectivity index (χ1) is 8.69. The van der Waals surface area contributed by atoms with Crippen molar-refractivity contribution in [2.75, 3.05) is 11.1 Å². The van der Waals surface area contributed by atoms with Crippen molar-refractivity contribution in [3.63, 3.8) is 0 Å². The van der Waals surface area contributed by atoms with Crippen LogP contribution in [0.4, 0.5) is 23.2 Å². The van der Waals surface area contributed by atoms with Gasteiger partial charge in [0, 0.05) is 5.69 Å². The number of carbonyl (C=O) groups is 2. The first kappa shape index (κ1) is 15.3. The molecule has 0 spiro atoms. The SMILES string of the molecule is NC(=O)c1ccc(NC(=O)CSC(F)(F)F)cc1F. The van der Waals surface area contributed by atoms with Gasteiger partial charge in [0.2, 0.25) is 5.91 Å². The fourth-order valence-electron chi connectivity index (χ4n) is 1.14. The summed E-state index contributed by atoms with van der Waals surface area (Å²) in [7, 11) is 0. The standard InChI is InChI=1S/C10H8F4N2O2S/c11-7-3-5(1-2-6(7)9(15)18)16-8(17)4-19-10(12,13)14/h1-3H,4H2,(H2,15,18)(H,16,17). The Morgan fingerprint density at radius 3 is 2.42 bits per heavy atom. The summed E-state index contributed by atoms with van der Waals surface area (Å²) in [5.74, 6) is -3.73. The Bertz CT molecular complexity index is 505. The fraction of sp³-hybridized carbons (Fsp3) is 0.200. The third-order valence-corrected chi connectivity index (χ3v) is 2.62. The van der Waals surface area contributed by atoms with Crippen molar-refractivity contribution in [1.29, 1.82) is 0 Å². The number of amides is 2. The van der Waals surface area contributed by atoms with E-state index in [1.807, 2.05) is 0 Å². The van der Waals surface area contributed by atoms with Crippen molar-refractivity contribution in [2.45, 2.75) is 5.51 Å². The van der Waals surface area contributed by atoms with Crippen molar-refractivity contribution < 1.29 is 27.2 Å². The average molecular weight is 296 g/mol. The van der Waals surface area contributed by atoms with Crippen LogP contribution in [0.5, 0.6) is 0 Å². The highest BCUT2D eigenvalue weighted by Gasteiger charge is 2.29. The van der Waals surface area contributed by atoms with Gasteiger partial charge in [-0.15, -0.1) is 0 Å². The Morgan fingerprint density at radius 2 is 1.95 bits per heavy atom. The summed E-state index contributed by atoms with van der Waals surface area (Å²) >= 11 is -0.507. The predicted molar refractivity (Wildman–Crippen MR) is 62.1 cm³/mol. The van der Waals surface area contributed by atoms with E-state index in [1.165, 1.54) is 6.07 Å². The Hall–Kier alpha value is -1.77. The monoisotopic (exact) mass is 296 g/mol. The molecular weight excluding hydrogens is 288 g/mol. The largest absolute Gasteiger partial charge is 0.442 e. The van der Waals surface area contributed by atoms with Gasteiger partial charge >= 0.3 is 5.51 Å². The normalized spacial score (nSPS) is 11.2. The highest BCUT2D eigenvalue weighted by Crippen LogP contribution is 2.29. The molecule has 0 unspecified atom stereocenters. The molecule has 3 N–H and O–H groups in total. The molecule has 9 heteroatoms. The number of halogens is 4. The van der Waals surface area contributed by atoms with E-state index in [2.05, 4.69) is 5.32 Å². The van der Waals surface area contributed by atoms with E-state index < -0.39 is 40.7 Å². The Balaban J connectivity index is 2.65. The lowest BCUT2D eigenvalue weighted by Crippen LogP contribution is -2.18. The number of anilines is 1. The summed E-state index contributed by atoms with van der Waals surface area (Å²) in [5, 5.41) is 2.07. The maximum atomic E-state index is 13.3. The lowest BCUT2D eigenvalue weighted by Gasteiger charge is -2.08. The van der Waals surface area contributed by atoms with Gasteiger partial charge in [0.15, 0.2) is 0 Å². The lowest BCUT2D eigenvalue weighted by atomic mass is 10.2. The minimum Gasteiger partial charge on any atom is -0.366 e. The summed E-state index contributed by atoms with van der Waals surface area (Å²) in [6.45, 7) is 0. The molecule has 0 saturated carbocycles. The third-order valence-electron chi connectivity index (χ3n) is 1.89. The van der Waals surface area contributed by atoms with E-state index in [0.29, 0.717) is 0 Å². The van der Waals surface area contributed by atoms with E-state index in [1.54, 1.807) is 0 Å². The highest BCUT2D eigenvalue weighted by atomic mass is 32.2. The Kier molecular flexibility index (Phi) is 4.76. The minimum absolute atomic E-state index is 0.0599. The number of rotatable bonds is 4. The second kappa shape index (κ2) is 5.91. The molecule has 0 aliphatic rings. The summed E-state index contributed by atoms with van der Waals surface area (Å²) in [6.07, 6.45) is 0. The van der Waals surface area contributed by atoms with Gasteiger partial charge in [-0.3, -0.25) is 9.59 Å². The topological polar surface area (TPSA) is 72.2 Å². The number of hydrogen-bond acceptors (Lipinski definition) is 3. The van der Waals surface area contributed by atoms with Gasteiger partial charge in [-0.25, -0.2) is 4.39 Å². The van der Waals surface area contributed by atoms with Crippen molar-refractivity contribution in [3.8, 4) is 0 Å². The molecule has 1 aromatic carbocycles. The number of nitrogens with one attached hydrogen (secondary N) is 1. The second-order valence-electron chi connectivity index (χ2n) is 3.34. The molecule has 0 saturated heterocycles. The van der Waals surface area contributed by atoms with Crippen LogP contribution < -0.4 is 11.1 Å². The Labute approximate surface area is 109 Å². The van der Waals surface area contributed by atoms with E-state index in [-0.39, 0.29) is 11.3 Å². The number of hydrogen-bond donors (Lipinski definition) is 2. The molecule has 0 aliphatic carbocycles. The fourth-order valence-corrected chi connectivity index (χ4v) is 1.50. The van der Waals surface area contributed by atoms with Crippen LogP contribution in [0.15, 0.2) is 18.2 Å². The molecule has 104 valence electrons. The molecule has 0 atom stereocenters. The van der Waals surface area contributed by atoms with Gasteiger partial charge in [-0.05, 0) is 30.0 Å². The number of carbonyl (C=O) groups excluding carboxylic acids is 2. The smallest absolute Gasteiger partial charge is 0.366 e. The zero-order valence-corrected chi connectivity index (χ0v) is 10.1. The van der Waals surface area contributed by atoms with Gasteiger partial charge in [0.05, 0.1) is 11.3 Å². The van der Waals surface area contributed by atoms with Crippen LogP contribution in [-0.4, -0.2) is 23.1 Å². The van der Waals surface area contributed by atoms with Crippen LogP contribution in [0.25, 0.3) is 0 Å². The molecule has 0 aliphatic heterocycles. The molecule has 19 heavy (non-hydrogen) atoms. The van der Waals surface area contributed by atoms with E-state index in [0.717, 1.165) is 12.1 Å². The number of alkyl halides is 3. The van der Waals surface area contributed by atoms with Gasteiger partial charge in [0.1, 0.15) is 5.82 Å². The summed E-state index contributed by atoms with van der Waals surface area (Å²) in [4.78, 5) is 21.9. The molecule has 0 heterocycles. The first-order valence-corrected chi connectivity index (χ1v) is 5.77. The second-order valence-corrected chi connectivity index (χ2v) is 4.38. The number of benzene rings is 1. The molecule has 0 radical (unpaired) electrons. The third kappa shape index (κ3) is 5.16. The van der Waals surface area contributed by atoms with Crippen LogP contribution in [0.3, 0.4) is 0 Å². The molecule has 4 nitrogen and oxygen atoms in total. The summed E-state index contributed by atoms with van der Waals surface area (Å²) in [5.41, 5.74) is -0.0811. The predicted octanol–water partition coefficient (Wildman–Crippen LogP) is 2.12. The van der Waals surface area contributed by atoms with Crippen LogP contribution in [0, 0.1) is 5.82 Å². The molecule has 0 fully saturated rings. The molecular formula is C10H8F4N2O2S. The van der Waals surface area contributed by atoms with Crippen molar-refractivity contribution in [1.82, 2.24) is 0 Å². The highest BCUT2D eigenvalue weighted by molar-refractivity contribution is 8.00. The van der Waals surface area contributed by atoms with Gasteiger partial charge in [0.25, 0.3) is 5.91 Å². The van der Waals surface area contributed by atoms with E-state index >= 15 is 0 Å². The minimum atomic E-state index is -4.52. The zero-order valence-electron chi connectivity index (χ0n) is 9.25. The van der Waals surface area contributed by atoms with Gasteiger partial charge in [-0.1, -0.05) is 0 Å². The quantitative estimate of drug-likeness (QED) is 0.836. The molecule has 0 bridgehead atoms. The molecule has 1 aromatic rings. The van der Waals surface area contributed by atoms with E-state index in [4.69, 9.17) is 5.73 Å². The van der Waals surface area contributed by atoms with Crippen molar-refractivity contribution in [3.05, 3.63) is 29.6 Å². The zero-order chi connectivity index (χ0) is 14.6. The van der Waals surface area contributed by atoms with E-state index in [9.17, 15) is 27.2 Å². The summed E-state index contributed by atoms with van der Waals surface area (Å²) in [6, 6.07) is 3.00. The number of thioether (sulfide) groups is 1. The van der Waals surface area contributed by atoms with Crippen molar-refractivity contribution in [2.24, 2.45) is 5.73 Å². The number of primary amides is 1. The first-order valence-electron chi connectivity index (χ1n) is 4.79. The van der Waals surface area contributed by atoms with Crippen LogP contribution in [-0.2, 0) is 4.79 Å². The average Bonchev–Trinajstić information content (AvgIpc) is 2.25.